The average Bonchev–Trinajstić information content (AvgIpc) is 2.98. The molecule has 0 saturated carbocycles. The van der Waals surface area contributed by atoms with Gasteiger partial charge in [-0.2, -0.15) is 5.10 Å². The Bertz CT molecular complexity index is 985. The largest absolute Gasteiger partial charge is 0.326 e. The molecule has 2 amide bonds. The molecule has 2 N–H and O–H groups in total. The summed E-state index contributed by atoms with van der Waals surface area (Å²) < 4.78 is 1.61. The van der Waals surface area contributed by atoms with Crippen molar-refractivity contribution in [2.24, 2.45) is 0 Å². The minimum atomic E-state index is -0.335. The van der Waals surface area contributed by atoms with Crippen molar-refractivity contribution in [2.45, 2.75) is 33.1 Å². The number of hydrogen-bond donors (Lipinski definition) is 2. The first-order valence-electron chi connectivity index (χ1n) is 8.28. The number of rotatable bonds is 3. The van der Waals surface area contributed by atoms with E-state index in [0.717, 1.165) is 5.69 Å². The molecule has 3 rings (SSSR count). The number of hydrogen-bond acceptors (Lipinski definition) is 4. The number of carbonyl (C=O) groups excluding carboxylic acids is 2. The van der Waals surface area contributed by atoms with Crippen molar-refractivity contribution in [1.29, 1.82) is 0 Å². The second-order valence-corrected chi connectivity index (χ2v) is 7.11. The average molecular weight is 351 g/mol. The summed E-state index contributed by atoms with van der Waals surface area (Å²) in [6.45, 7) is 7.65. The monoisotopic (exact) mass is 351 g/mol. The van der Waals surface area contributed by atoms with Gasteiger partial charge in [-0.05, 0) is 30.3 Å². The van der Waals surface area contributed by atoms with Crippen LogP contribution in [0.4, 0.5) is 11.4 Å². The van der Waals surface area contributed by atoms with Crippen molar-refractivity contribution < 1.29 is 9.59 Å². The Morgan fingerprint density at radius 3 is 2.38 bits per heavy atom. The normalized spacial score (nSPS) is 11.4. The summed E-state index contributed by atoms with van der Waals surface area (Å²) in [6.07, 6.45) is 1.84. The molecule has 0 aliphatic rings. The predicted octanol–water partition coefficient (Wildman–Crippen LogP) is 3.24. The van der Waals surface area contributed by atoms with Crippen molar-refractivity contribution in [3.63, 3.8) is 0 Å². The van der Waals surface area contributed by atoms with E-state index in [9.17, 15) is 9.59 Å². The summed E-state index contributed by atoms with van der Waals surface area (Å²) in [5, 5.41) is 9.82. The third kappa shape index (κ3) is 3.88. The molecule has 1 aromatic carbocycles. The zero-order valence-corrected chi connectivity index (χ0v) is 15.2. The first-order valence-corrected chi connectivity index (χ1v) is 8.28. The maximum atomic E-state index is 12.5. The van der Waals surface area contributed by atoms with Crippen molar-refractivity contribution in [1.82, 2.24) is 14.6 Å². The Kier molecular flexibility index (Phi) is 4.46. The number of carbonyl (C=O) groups is 2. The van der Waals surface area contributed by atoms with Crippen LogP contribution in [0.15, 0.2) is 42.6 Å². The quantitative estimate of drug-likeness (QED) is 0.758. The van der Waals surface area contributed by atoms with Gasteiger partial charge in [-0.25, -0.2) is 9.50 Å². The molecule has 0 aliphatic carbocycles. The van der Waals surface area contributed by atoms with Gasteiger partial charge in [-0.15, -0.1) is 0 Å². The summed E-state index contributed by atoms with van der Waals surface area (Å²) in [7, 11) is 0. The van der Waals surface area contributed by atoms with Crippen molar-refractivity contribution in [3.8, 4) is 0 Å². The lowest BCUT2D eigenvalue weighted by Gasteiger charge is -2.13. The number of aromatic nitrogens is 3. The van der Waals surface area contributed by atoms with Crippen LogP contribution < -0.4 is 10.6 Å². The molecule has 0 unspecified atom stereocenters. The molecule has 0 bridgehead atoms. The number of benzene rings is 1. The number of nitrogens with zero attached hydrogens (tertiary/aromatic N) is 3. The zero-order valence-electron chi connectivity index (χ0n) is 15.2. The Morgan fingerprint density at radius 1 is 1.04 bits per heavy atom. The van der Waals surface area contributed by atoms with Crippen LogP contribution in [0.5, 0.6) is 0 Å². The highest BCUT2D eigenvalue weighted by molar-refractivity contribution is 6.03. The van der Waals surface area contributed by atoms with E-state index in [1.165, 1.54) is 6.92 Å². The van der Waals surface area contributed by atoms with E-state index in [4.69, 9.17) is 0 Å². The summed E-state index contributed by atoms with van der Waals surface area (Å²) >= 11 is 0. The molecule has 134 valence electrons. The fourth-order valence-electron chi connectivity index (χ4n) is 2.44. The fraction of sp³-hybridized carbons (Fsp3) is 0.263. The van der Waals surface area contributed by atoms with Gasteiger partial charge in [-0.3, -0.25) is 9.59 Å². The van der Waals surface area contributed by atoms with Crippen LogP contribution in [-0.4, -0.2) is 26.4 Å². The zero-order chi connectivity index (χ0) is 18.9. The summed E-state index contributed by atoms with van der Waals surface area (Å²) in [5.74, 6) is -0.506. The lowest BCUT2D eigenvalue weighted by molar-refractivity contribution is -0.114. The molecule has 0 fully saturated rings. The molecule has 2 heterocycles. The molecule has 0 saturated heterocycles. The summed E-state index contributed by atoms with van der Waals surface area (Å²) in [4.78, 5) is 28.2. The highest BCUT2D eigenvalue weighted by Gasteiger charge is 2.18. The maximum Gasteiger partial charge on any atom is 0.276 e. The molecule has 26 heavy (non-hydrogen) atoms. The highest BCUT2D eigenvalue weighted by Crippen LogP contribution is 2.21. The third-order valence-corrected chi connectivity index (χ3v) is 3.76. The number of nitrogens with one attached hydrogen (secondary N) is 2. The molecule has 7 heteroatoms. The SMILES string of the molecule is CC(=O)Nc1cccc(NC(=O)c2ccc3nc(C(C)(C)C)cn3n2)c1. The Morgan fingerprint density at radius 2 is 1.73 bits per heavy atom. The topological polar surface area (TPSA) is 88.4 Å². The van der Waals surface area contributed by atoms with Crippen LogP contribution in [0.3, 0.4) is 0 Å². The molecule has 0 radical (unpaired) electrons. The van der Waals surface area contributed by atoms with Crippen LogP contribution in [0.2, 0.25) is 0 Å². The van der Waals surface area contributed by atoms with Gasteiger partial charge >= 0.3 is 0 Å². The Labute approximate surface area is 151 Å². The minimum Gasteiger partial charge on any atom is -0.326 e. The van der Waals surface area contributed by atoms with E-state index >= 15 is 0 Å². The van der Waals surface area contributed by atoms with Crippen LogP contribution >= 0.6 is 0 Å². The van der Waals surface area contributed by atoms with Crippen molar-refractivity contribution in [3.05, 3.63) is 54.0 Å². The molecule has 2 aromatic heterocycles. The number of fused-ring (bicyclic) bond motifs is 1. The lowest BCUT2D eigenvalue weighted by atomic mass is 9.93. The molecule has 3 aromatic rings. The second kappa shape index (κ2) is 6.59. The standard InChI is InChI=1S/C19H21N5O2/c1-12(25)20-13-6-5-7-14(10-13)21-18(26)15-8-9-17-22-16(19(2,3)4)11-24(17)23-15/h5-11H,1-4H3,(H,20,25)(H,21,26). The number of anilines is 2. The van der Waals surface area contributed by atoms with E-state index < -0.39 is 0 Å². The lowest BCUT2D eigenvalue weighted by Crippen LogP contribution is -2.15. The third-order valence-electron chi connectivity index (χ3n) is 3.76. The number of imidazole rings is 1. The first kappa shape index (κ1) is 17.6. The highest BCUT2D eigenvalue weighted by atomic mass is 16.2. The van der Waals surface area contributed by atoms with Crippen LogP contribution in [-0.2, 0) is 10.2 Å². The molecule has 0 atom stereocenters. The second-order valence-electron chi connectivity index (χ2n) is 7.11. The Balaban J connectivity index is 1.82. The van der Waals surface area contributed by atoms with Gasteiger partial charge in [0.15, 0.2) is 5.65 Å². The van der Waals surface area contributed by atoms with Gasteiger partial charge in [-0.1, -0.05) is 26.8 Å². The first-order chi connectivity index (χ1) is 12.2. The van der Waals surface area contributed by atoms with E-state index in [1.807, 2.05) is 6.20 Å². The number of amides is 2. The van der Waals surface area contributed by atoms with Crippen LogP contribution in [0.1, 0.15) is 43.9 Å². The molecule has 0 aliphatic heterocycles. The van der Waals surface area contributed by atoms with Crippen molar-refractivity contribution >= 4 is 28.8 Å². The van der Waals surface area contributed by atoms with Gasteiger partial charge in [0, 0.05) is 23.7 Å². The molecule has 0 spiro atoms. The van der Waals surface area contributed by atoms with Gasteiger partial charge in [0.05, 0.1) is 11.9 Å². The van der Waals surface area contributed by atoms with Gasteiger partial charge in [0.1, 0.15) is 5.69 Å². The minimum absolute atomic E-state index is 0.0970. The van der Waals surface area contributed by atoms with E-state index in [1.54, 1.807) is 40.9 Å². The predicted molar refractivity (Wildman–Crippen MR) is 100 cm³/mol. The fourth-order valence-corrected chi connectivity index (χ4v) is 2.44. The van der Waals surface area contributed by atoms with Crippen molar-refractivity contribution in [2.75, 3.05) is 10.6 Å². The van der Waals surface area contributed by atoms with Crippen LogP contribution in [0, 0.1) is 0 Å². The van der Waals surface area contributed by atoms with E-state index in [2.05, 4.69) is 41.5 Å². The van der Waals surface area contributed by atoms with Gasteiger partial charge in [0.2, 0.25) is 5.91 Å². The molecular weight excluding hydrogens is 330 g/mol. The smallest absolute Gasteiger partial charge is 0.276 e. The maximum absolute atomic E-state index is 12.5. The molecular formula is C19H21N5O2. The van der Waals surface area contributed by atoms with Gasteiger partial charge < -0.3 is 10.6 Å². The Hall–Kier alpha value is -3.22. The van der Waals surface area contributed by atoms with E-state index in [-0.39, 0.29) is 22.9 Å². The molecule has 7 nitrogen and oxygen atoms in total. The summed E-state index contributed by atoms with van der Waals surface area (Å²) in [6, 6.07) is 10.3. The van der Waals surface area contributed by atoms with E-state index in [0.29, 0.717) is 17.0 Å². The van der Waals surface area contributed by atoms with Crippen LogP contribution in [0.25, 0.3) is 5.65 Å². The van der Waals surface area contributed by atoms with Gasteiger partial charge in [0.25, 0.3) is 5.91 Å². The summed E-state index contributed by atoms with van der Waals surface area (Å²) in [5.41, 5.74) is 2.97.